The number of rotatable bonds is 5. The van der Waals surface area contributed by atoms with Crippen molar-refractivity contribution in [3.05, 3.63) is 69.7 Å². The lowest BCUT2D eigenvalue weighted by Crippen LogP contribution is -2.32. The predicted octanol–water partition coefficient (Wildman–Crippen LogP) is 4.64. The lowest BCUT2D eigenvalue weighted by Gasteiger charge is -2.23. The van der Waals surface area contributed by atoms with Gasteiger partial charge in [-0.05, 0) is 30.2 Å². The number of benzene rings is 2. The molecule has 4 heteroatoms. The zero-order chi connectivity index (χ0) is 15.2. The third kappa shape index (κ3) is 4.32. The van der Waals surface area contributed by atoms with E-state index in [-0.39, 0.29) is 5.91 Å². The van der Waals surface area contributed by atoms with E-state index in [1.807, 2.05) is 55.5 Å². The van der Waals surface area contributed by atoms with Crippen LogP contribution < -0.4 is 0 Å². The molecule has 0 atom stereocenters. The van der Waals surface area contributed by atoms with E-state index in [4.69, 9.17) is 11.6 Å². The third-order valence-corrected chi connectivity index (χ3v) is 3.95. The molecule has 21 heavy (non-hydrogen) atoms. The largest absolute Gasteiger partial charge is 0.333 e. The molecule has 0 saturated heterocycles. The van der Waals surface area contributed by atoms with Gasteiger partial charge in [0.05, 0.1) is 0 Å². The SMILES string of the molecule is Cc1ccc(Br)cc1C(=O)N(CCCl)Cc1ccccc1. The molecule has 0 spiro atoms. The summed E-state index contributed by atoms with van der Waals surface area (Å²) >= 11 is 9.28. The van der Waals surface area contributed by atoms with Crippen LogP contribution in [0.25, 0.3) is 0 Å². The van der Waals surface area contributed by atoms with E-state index in [1.54, 1.807) is 4.90 Å². The first-order valence-electron chi connectivity index (χ1n) is 6.77. The fraction of sp³-hybridized carbons (Fsp3) is 0.235. The molecule has 0 unspecified atom stereocenters. The Morgan fingerprint density at radius 1 is 1.19 bits per heavy atom. The maximum absolute atomic E-state index is 12.8. The number of carbonyl (C=O) groups excluding carboxylic acids is 1. The average Bonchev–Trinajstić information content (AvgIpc) is 2.49. The number of aryl methyl sites for hydroxylation is 1. The van der Waals surface area contributed by atoms with E-state index in [9.17, 15) is 4.79 Å². The molecule has 0 bridgehead atoms. The Hall–Kier alpha value is -1.32. The van der Waals surface area contributed by atoms with E-state index in [2.05, 4.69) is 15.9 Å². The minimum Gasteiger partial charge on any atom is -0.333 e. The summed E-state index contributed by atoms with van der Waals surface area (Å²) < 4.78 is 0.905. The molecule has 2 aromatic carbocycles. The summed E-state index contributed by atoms with van der Waals surface area (Å²) in [5.74, 6) is 0.435. The van der Waals surface area contributed by atoms with Gasteiger partial charge in [-0.1, -0.05) is 52.3 Å². The second kappa shape index (κ2) is 7.62. The van der Waals surface area contributed by atoms with Crippen molar-refractivity contribution in [2.75, 3.05) is 12.4 Å². The monoisotopic (exact) mass is 365 g/mol. The Balaban J connectivity index is 2.25. The molecule has 0 aliphatic carbocycles. The summed E-state index contributed by atoms with van der Waals surface area (Å²) in [7, 11) is 0. The van der Waals surface area contributed by atoms with Crippen LogP contribution in [0.1, 0.15) is 21.5 Å². The molecular weight excluding hydrogens is 350 g/mol. The minimum atomic E-state index is 0.0123. The normalized spacial score (nSPS) is 10.4. The molecule has 0 heterocycles. The van der Waals surface area contributed by atoms with Gasteiger partial charge >= 0.3 is 0 Å². The number of amides is 1. The number of carbonyl (C=O) groups is 1. The van der Waals surface area contributed by atoms with E-state index in [0.717, 1.165) is 15.6 Å². The molecule has 1 amide bonds. The Labute approximate surface area is 138 Å². The van der Waals surface area contributed by atoms with Crippen LogP contribution in [0.5, 0.6) is 0 Å². The summed E-state index contributed by atoms with van der Waals surface area (Å²) in [6, 6.07) is 15.7. The first kappa shape index (κ1) is 16.1. The van der Waals surface area contributed by atoms with Gasteiger partial charge in [-0.15, -0.1) is 11.6 Å². The van der Waals surface area contributed by atoms with E-state index in [1.165, 1.54) is 0 Å². The van der Waals surface area contributed by atoms with Gasteiger partial charge in [0.25, 0.3) is 5.91 Å². The van der Waals surface area contributed by atoms with Crippen molar-refractivity contribution < 1.29 is 4.79 Å². The fourth-order valence-corrected chi connectivity index (χ4v) is 2.72. The number of hydrogen-bond acceptors (Lipinski definition) is 1. The Kier molecular flexibility index (Phi) is 5.83. The zero-order valence-corrected chi connectivity index (χ0v) is 14.2. The van der Waals surface area contributed by atoms with Gasteiger partial charge in [-0.25, -0.2) is 0 Å². The summed E-state index contributed by atoms with van der Waals surface area (Å²) in [5.41, 5.74) is 2.78. The fourth-order valence-electron chi connectivity index (χ4n) is 2.15. The van der Waals surface area contributed by atoms with E-state index < -0.39 is 0 Å². The molecule has 0 radical (unpaired) electrons. The smallest absolute Gasteiger partial charge is 0.254 e. The van der Waals surface area contributed by atoms with Crippen molar-refractivity contribution in [1.82, 2.24) is 4.90 Å². The Morgan fingerprint density at radius 2 is 1.90 bits per heavy atom. The third-order valence-electron chi connectivity index (χ3n) is 3.29. The summed E-state index contributed by atoms with van der Waals surface area (Å²) in [6.45, 7) is 3.04. The Bertz CT molecular complexity index is 615. The highest BCUT2D eigenvalue weighted by Gasteiger charge is 2.17. The number of nitrogens with zero attached hydrogens (tertiary/aromatic N) is 1. The number of alkyl halides is 1. The first-order chi connectivity index (χ1) is 10.1. The van der Waals surface area contributed by atoms with Crippen LogP contribution >= 0.6 is 27.5 Å². The first-order valence-corrected chi connectivity index (χ1v) is 8.10. The molecule has 0 aliphatic heterocycles. The van der Waals surface area contributed by atoms with Gasteiger partial charge in [0, 0.05) is 29.0 Å². The summed E-state index contributed by atoms with van der Waals surface area (Å²) in [4.78, 5) is 14.5. The predicted molar refractivity (Wildman–Crippen MR) is 90.8 cm³/mol. The lowest BCUT2D eigenvalue weighted by atomic mass is 10.1. The van der Waals surface area contributed by atoms with Gasteiger partial charge in [-0.2, -0.15) is 0 Å². The highest BCUT2D eigenvalue weighted by atomic mass is 79.9. The van der Waals surface area contributed by atoms with Crippen LogP contribution in [0.4, 0.5) is 0 Å². The second-order valence-electron chi connectivity index (χ2n) is 4.86. The molecular formula is C17H17BrClNO. The molecule has 0 N–H and O–H groups in total. The minimum absolute atomic E-state index is 0.0123. The van der Waals surface area contributed by atoms with Crippen molar-refractivity contribution in [2.24, 2.45) is 0 Å². The van der Waals surface area contributed by atoms with Crippen molar-refractivity contribution in [3.63, 3.8) is 0 Å². The maximum atomic E-state index is 12.8. The number of halogens is 2. The standard InChI is InChI=1S/C17H17BrClNO/c1-13-7-8-15(18)11-16(13)17(21)20(10-9-19)12-14-5-3-2-4-6-14/h2-8,11H,9-10,12H2,1H3. The molecule has 110 valence electrons. The molecule has 0 aliphatic rings. The average molecular weight is 367 g/mol. The molecule has 0 fully saturated rings. The topological polar surface area (TPSA) is 20.3 Å². The van der Waals surface area contributed by atoms with Crippen LogP contribution in [0.2, 0.25) is 0 Å². The van der Waals surface area contributed by atoms with Crippen LogP contribution in [0, 0.1) is 6.92 Å². The molecule has 2 nitrogen and oxygen atoms in total. The van der Waals surface area contributed by atoms with Crippen LogP contribution in [-0.2, 0) is 6.54 Å². The van der Waals surface area contributed by atoms with Crippen molar-refractivity contribution in [3.8, 4) is 0 Å². The van der Waals surface area contributed by atoms with Crippen molar-refractivity contribution in [1.29, 1.82) is 0 Å². The summed E-state index contributed by atoms with van der Waals surface area (Å²) in [5, 5.41) is 0. The van der Waals surface area contributed by atoms with Crippen LogP contribution in [-0.4, -0.2) is 23.2 Å². The summed E-state index contributed by atoms with van der Waals surface area (Å²) in [6.07, 6.45) is 0. The van der Waals surface area contributed by atoms with E-state index in [0.29, 0.717) is 24.5 Å². The second-order valence-corrected chi connectivity index (χ2v) is 6.15. The molecule has 0 aromatic heterocycles. The van der Waals surface area contributed by atoms with Gasteiger partial charge in [0.15, 0.2) is 0 Å². The van der Waals surface area contributed by atoms with Gasteiger partial charge in [-0.3, -0.25) is 4.79 Å². The van der Waals surface area contributed by atoms with Gasteiger partial charge in [0.1, 0.15) is 0 Å². The highest BCUT2D eigenvalue weighted by Crippen LogP contribution is 2.19. The van der Waals surface area contributed by atoms with Gasteiger partial charge in [0.2, 0.25) is 0 Å². The zero-order valence-electron chi connectivity index (χ0n) is 11.9. The maximum Gasteiger partial charge on any atom is 0.254 e. The number of hydrogen-bond donors (Lipinski definition) is 0. The highest BCUT2D eigenvalue weighted by molar-refractivity contribution is 9.10. The van der Waals surface area contributed by atoms with Crippen LogP contribution in [0.15, 0.2) is 53.0 Å². The van der Waals surface area contributed by atoms with Crippen molar-refractivity contribution >= 4 is 33.4 Å². The van der Waals surface area contributed by atoms with E-state index >= 15 is 0 Å². The molecule has 0 saturated carbocycles. The van der Waals surface area contributed by atoms with Crippen molar-refractivity contribution in [2.45, 2.75) is 13.5 Å². The lowest BCUT2D eigenvalue weighted by molar-refractivity contribution is 0.0753. The van der Waals surface area contributed by atoms with Gasteiger partial charge < -0.3 is 4.90 Å². The van der Waals surface area contributed by atoms with Crippen LogP contribution in [0.3, 0.4) is 0 Å². The Morgan fingerprint density at radius 3 is 2.57 bits per heavy atom. The molecule has 2 rings (SSSR count). The molecule has 2 aromatic rings. The quantitative estimate of drug-likeness (QED) is 0.706.